The first kappa shape index (κ1) is 26.9. The molecule has 2 aliphatic rings. The molecule has 0 aliphatic carbocycles. The van der Waals surface area contributed by atoms with Gasteiger partial charge in [0.1, 0.15) is 5.75 Å². The van der Waals surface area contributed by atoms with Crippen molar-refractivity contribution in [3.05, 3.63) is 45.2 Å². The summed E-state index contributed by atoms with van der Waals surface area (Å²) >= 11 is 1.37. The summed E-state index contributed by atoms with van der Waals surface area (Å²) in [6.45, 7) is 9.50. The van der Waals surface area contributed by atoms with Gasteiger partial charge in [-0.1, -0.05) is 20.8 Å². The van der Waals surface area contributed by atoms with Gasteiger partial charge in [0.2, 0.25) is 0 Å². The molecule has 198 valence electrons. The van der Waals surface area contributed by atoms with Crippen molar-refractivity contribution in [2.24, 2.45) is 10.9 Å². The summed E-state index contributed by atoms with van der Waals surface area (Å²) < 4.78 is 54.0. The Morgan fingerprint density at radius 1 is 1.25 bits per heavy atom. The van der Waals surface area contributed by atoms with Gasteiger partial charge in [0.25, 0.3) is 5.91 Å². The molecule has 6 nitrogen and oxygen atoms in total. The average molecular weight is 526 g/mol. The highest BCUT2D eigenvalue weighted by atomic mass is 32.1. The summed E-state index contributed by atoms with van der Waals surface area (Å²) in [5, 5.41) is 3.29. The average Bonchev–Trinajstić information content (AvgIpc) is 3.48. The summed E-state index contributed by atoms with van der Waals surface area (Å²) in [4.78, 5) is 19.1. The molecule has 1 amide bonds. The van der Waals surface area contributed by atoms with Gasteiger partial charge in [-0.05, 0) is 55.8 Å². The van der Waals surface area contributed by atoms with Crippen LogP contribution in [0.5, 0.6) is 5.75 Å². The Labute approximate surface area is 213 Å². The highest BCUT2D eigenvalue weighted by molar-refractivity contribution is 7.09. The molecule has 1 N–H and O–H groups in total. The van der Waals surface area contributed by atoms with Crippen LogP contribution in [0.4, 0.5) is 13.2 Å². The first-order chi connectivity index (χ1) is 17.0. The zero-order valence-corrected chi connectivity index (χ0v) is 21.8. The molecule has 0 radical (unpaired) electrons. The van der Waals surface area contributed by atoms with E-state index in [2.05, 4.69) is 31.1 Å². The number of aromatic nitrogens is 1. The number of piperidine rings is 1. The number of nitrogens with one attached hydrogen (secondary N) is 1. The smallest absolute Gasteiger partial charge is 0.416 e. The molecule has 2 atom stereocenters. The third kappa shape index (κ3) is 6.77. The number of hydrogen-bond donors (Lipinski definition) is 1. The Balaban J connectivity index is 1.68. The van der Waals surface area contributed by atoms with Crippen LogP contribution in [-0.4, -0.2) is 42.9 Å². The molecule has 2 fully saturated rings. The number of carbonyl (C=O) groups excluding carboxylic acids is 1. The van der Waals surface area contributed by atoms with Gasteiger partial charge >= 0.3 is 6.18 Å². The van der Waals surface area contributed by atoms with Crippen LogP contribution in [0, 0.1) is 5.92 Å². The molecule has 1 aromatic heterocycles. The van der Waals surface area contributed by atoms with Crippen LogP contribution >= 0.6 is 11.3 Å². The Kier molecular flexibility index (Phi) is 8.26. The number of thiazole rings is 1. The lowest BCUT2D eigenvalue weighted by Crippen LogP contribution is -2.33. The monoisotopic (exact) mass is 525 g/mol. The third-order valence-electron chi connectivity index (χ3n) is 6.49. The van der Waals surface area contributed by atoms with E-state index < -0.39 is 17.6 Å². The fraction of sp³-hybridized carbons (Fsp3) is 0.615. The Bertz CT molecular complexity index is 1120. The molecule has 4 rings (SSSR count). The van der Waals surface area contributed by atoms with Gasteiger partial charge in [0.05, 0.1) is 30.4 Å². The molecule has 10 heteroatoms. The van der Waals surface area contributed by atoms with Crippen molar-refractivity contribution in [2.75, 3.05) is 26.3 Å². The van der Waals surface area contributed by atoms with Crippen molar-refractivity contribution < 1.29 is 27.4 Å². The molecule has 0 bridgehead atoms. The van der Waals surface area contributed by atoms with Gasteiger partial charge in [-0.15, -0.1) is 11.3 Å². The Hall–Kier alpha value is -2.17. The first-order valence-electron chi connectivity index (χ1n) is 12.5. The zero-order valence-electron chi connectivity index (χ0n) is 21.0. The fourth-order valence-corrected chi connectivity index (χ4v) is 5.43. The number of ether oxygens (including phenoxy) is 2. The molecular formula is C26H34F3N3O3S. The van der Waals surface area contributed by atoms with E-state index >= 15 is 0 Å². The van der Waals surface area contributed by atoms with Crippen LogP contribution in [0.1, 0.15) is 67.3 Å². The molecular weight excluding hydrogens is 491 g/mol. The molecule has 2 aliphatic heterocycles. The van der Waals surface area contributed by atoms with Gasteiger partial charge in [-0.2, -0.15) is 18.2 Å². The predicted octanol–water partition coefficient (Wildman–Crippen LogP) is 5.16. The minimum atomic E-state index is -4.58. The number of alkyl halides is 3. The maximum Gasteiger partial charge on any atom is 0.416 e. The Morgan fingerprint density at radius 2 is 2.06 bits per heavy atom. The summed E-state index contributed by atoms with van der Waals surface area (Å²) in [6, 6.07) is 3.03. The van der Waals surface area contributed by atoms with Crippen LogP contribution in [-0.2, 0) is 22.9 Å². The highest BCUT2D eigenvalue weighted by Crippen LogP contribution is 2.33. The lowest BCUT2D eigenvalue weighted by Gasteiger charge is -2.23. The largest absolute Gasteiger partial charge is 0.492 e. The minimum absolute atomic E-state index is 0.0259. The minimum Gasteiger partial charge on any atom is -0.492 e. The number of benzene rings is 1. The van der Waals surface area contributed by atoms with Crippen LogP contribution in [0.2, 0.25) is 0 Å². The fourth-order valence-electron chi connectivity index (χ4n) is 4.37. The van der Waals surface area contributed by atoms with Crippen molar-refractivity contribution in [2.45, 2.75) is 70.7 Å². The van der Waals surface area contributed by atoms with E-state index in [-0.39, 0.29) is 28.7 Å². The van der Waals surface area contributed by atoms with E-state index in [0.29, 0.717) is 24.6 Å². The second-order valence-corrected chi connectivity index (χ2v) is 11.6. The van der Waals surface area contributed by atoms with Crippen LogP contribution in [0.25, 0.3) is 0 Å². The standard InChI is InChI=1S/C26H34F3N3O3S/c1-25(2,3)22-15-32(14-19-7-5-11-34-19)24(36-22)31-23(33)20-12-18(26(27,28)29)8-9-21(20)35-16-17-6-4-10-30-13-17/h8-9,12,15,17,19,30H,4-7,10-11,13-14,16H2,1-3H3/b31-24-/t17-,19-/m1/s1. The zero-order chi connectivity index (χ0) is 25.9. The van der Waals surface area contributed by atoms with Crippen molar-refractivity contribution in [1.82, 2.24) is 9.88 Å². The number of hydrogen-bond acceptors (Lipinski definition) is 5. The maximum absolute atomic E-state index is 13.5. The predicted molar refractivity (Wildman–Crippen MR) is 132 cm³/mol. The van der Waals surface area contributed by atoms with E-state index in [4.69, 9.17) is 9.47 Å². The second-order valence-electron chi connectivity index (χ2n) is 10.6. The lowest BCUT2D eigenvalue weighted by atomic mass is 9.95. The van der Waals surface area contributed by atoms with E-state index in [9.17, 15) is 18.0 Å². The maximum atomic E-state index is 13.5. The first-order valence-corrected chi connectivity index (χ1v) is 13.3. The number of nitrogens with zero attached hydrogens (tertiary/aromatic N) is 2. The van der Waals surface area contributed by atoms with Gasteiger partial charge in [0.15, 0.2) is 4.80 Å². The van der Waals surface area contributed by atoms with Crippen molar-refractivity contribution in [1.29, 1.82) is 0 Å². The third-order valence-corrected chi connectivity index (χ3v) is 7.94. The van der Waals surface area contributed by atoms with Crippen molar-refractivity contribution in [3.8, 4) is 5.75 Å². The quantitative estimate of drug-likeness (QED) is 0.566. The molecule has 36 heavy (non-hydrogen) atoms. The lowest BCUT2D eigenvalue weighted by molar-refractivity contribution is -0.137. The van der Waals surface area contributed by atoms with Crippen molar-refractivity contribution >= 4 is 17.2 Å². The number of rotatable bonds is 6. The van der Waals surface area contributed by atoms with E-state index in [1.807, 2.05) is 10.8 Å². The summed E-state index contributed by atoms with van der Waals surface area (Å²) in [5.74, 6) is -0.386. The SMILES string of the molecule is CC(C)(C)c1cn(C[C@H]2CCCO2)/c(=N/C(=O)c2cc(C(F)(F)F)ccc2OC[C@@H]2CCCNC2)s1. The van der Waals surface area contributed by atoms with Gasteiger partial charge < -0.3 is 19.4 Å². The topological polar surface area (TPSA) is 64.9 Å². The molecule has 3 heterocycles. The molecule has 2 aromatic rings. The van der Waals surface area contributed by atoms with Gasteiger partial charge in [0, 0.05) is 30.1 Å². The molecule has 0 saturated carbocycles. The second kappa shape index (κ2) is 11.1. The highest BCUT2D eigenvalue weighted by Gasteiger charge is 2.32. The normalized spacial score (nSPS) is 21.7. The molecule has 1 aromatic carbocycles. The van der Waals surface area contributed by atoms with E-state index in [1.54, 1.807) is 0 Å². The molecule has 2 saturated heterocycles. The van der Waals surface area contributed by atoms with Crippen LogP contribution < -0.4 is 14.9 Å². The summed E-state index contributed by atoms with van der Waals surface area (Å²) in [5.41, 5.74) is -1.25. The van der Waals surface area contributed by atoms with Crippen molar-refractivity contribution in [3.63, 3.8) is 0 Å². The van der Waals surface area contributed by atoms with E-state index in [1.165, 1.54) is 17.4 Å². The number of carbonyl (C=O) groups is 1. The molecule has 0 spiro atoms. The number of amides is 1. The summed E-state index contributed by atoms with van der Waals surface area (Å²) in [6.07, 6.45) is 1.30. The van der Waals surface area contributed by atoms with Crippen LogP contribution in [0.3, 0.4) is 0 Å². The Morgan fingerprint density at radius 3 is 2.69 bits per heavy atom. The molecule has 0 unspecified atom stereocenters. The van der Waals surface area contributed by atoms with E-state index in [0.717, 1.165) is 55.8 Å². The van der Waals surface area contributed by atoms with Gasteiger partial charge in [-0.25, -0.2) is 0 Å². The summed E-state index contributed by atoms with van der Waals surface area (Å²) in [7, 11) is 0. The van der Waals surface area contributed by atoms with Crippen LogP contribution in [0.15, 0.2) is 29.4 Å². The van der Waals surface area contributed by atoms with Gasteiger partial charge in [-0.3, -0.25) is 4.79 Å². The number of halogens is 3.